The first-order chi connectivity index (χ1) is 7.57. The highest BCUT2D eigenvalue weighted by Gasteiger charge is 2.40. The average Bonchev–Trinajstić information content (AvgIpc) is 2.22. The molecule has 3 N–H and O–H groups in total. The maximum atomic E-state index is 11.9. The highest BCUT2D eigenvalue weighted by atomic mass is 16.5. The number of nitrogens with one attached hydrogen (secondary N) is 1. The third kappa shape index (κ3) is 1.56. The van der Waals surface area contributed by atoms with Crippen LogP contribution in [0, 0.1) is 0 Å². The van der Waals surface area contributed by atoms with Crippen LogP contribution in [-0.2, 0) is 4.79 Å². The van der Waals surface area contributed by atoms with E-state index in [4.69, 9.17) is 10.5 Å². The maximum Gasteiger partial charge on any atom is 0.268 e. The number of hydrogen-bond donors (Lipinski definition) is 2. The van der Waals surface area contributed by atoms with Crippen molar-refractivity contribution in [2.24, 2.45) is 0 Å². The van der Waals surface area contributed by atoms with E-state index in [9.17, 15) is 4.79 Å². The van der Waals surface area contributed by atoms with Gasteiger partial charge >= 0.3 is 0 Å². The molecule has 1 amide bonds. The fourth-order valence-electron chi connectivity index (χ4n) is 1.72. The topological polar surface area (TPSA) is 90.1 Å². The molecule has 0 spiro atoms. The van der Waals surface area contributed by atoms with Gasteiger partial charge in [-0.25, -0.2) is 4.98 Å². The molecule has 1 aromatic rings. The van der Waals surface area contributed by atoms with Crippen LogP contribution in [0.2, 0.25) is 0 Å². The Labute approximate surface area is 93.2 Å². The molecule has 6 nitrogen and oxygen atoms in total. The molecule has 0 fully saturated rings. The second kappa shape index (κ2) is 3.62. The first-order valence-electron chi connectivity index (χ1n) is 5.18. The quantitative estimate of drug-likeness (QED) is 0.777. The number of nitrogen functional groups attached to an aromatic ring is 1. The Balaban J connectivity index is 2.39. The highest BCUT2D eigenvalue weighted by Crippen LogP contribution is 2.36. The molecule has 0 aromatic carbocycles. The summed E-state index contributed by atoms with van der Waals surface area (Å²) in [5.74, 6) is 0.350. The van der Waals surface area contributed by atoms with Crippen molar-refractivity contribution in [2.75, 3.05) is 11.1 Å². The first-order valence-corrected chi connectivity index (χ1v) is 5.18. The molecule has 86 valence electrons. The number of carbonyl (C=O) groups excluding carboxylic acids is 1. The van der Waals surface area contributed by atoms with Crippen molar-refractivity contribution >= 4 is 17.4 Å². The Kier molecular flexibility index (Phi) is 2.41. The average molecular weight is 222 g/mol. The standard InChI is InChI=1S/C10H14N4O2/c1-3-4-10(2)9(15)14-6-7(11)12-5-13-8(6)16-10/h5H,3-4H2,1-2H3,(H,14,15)(H2,11,12,13). The fraction of sp³-hybridized carbons (Fsp3) is 0.500. The first kappa shape index (κ1) is 10.7. The van der Waals surface area contributed by atoms with E-state index in [2.05, 4.69) is 15.3 Å². The summed E-state index contributed by atoms with van der Waals surface area (Å²) < 4.78 is 5.61. The zero-order valence-electron chi connectivity index (χ0n) is 9.28. The third-order valence-electron chi connectivity index (χ3n) is 2.61. The zero-order valence-corrected chi connectivity index (χ0v) is 9.28. The smallest absolute Gasteiger partial charge is 0.268 e. The van der Waals surface area contributed by atoms with Gasteiger partial charge in [-0.1, -0.05) is 13.3 Å². The molecule has 0 radical (unpaired) electrons. The number of nitrogens with two attached hydrogens (primary N) is 1. The molecule has 2 rings (SSSR count). The van der Waals surface area contributed by atoms with E-state index in [0.717, 1.165) is 6.42 Å². The molecule has 1 aliphatic heterocycles. The summed E-state index contributed by atoms with van der Waals surface area (Å²) in [6.07, 6.45) is 2.79. The lowest BCUT2D eigenvalue weighted by Gasteiger charge is -2.33. The number of anilines is 2. The SMILES string of the molecule is CCCC1(C)Oc2ncnc(N)c2NC1=O. The van der Waals surface area contributed by atoms with Crippen molar-refractivity contribution in [2.45, 2.75) is 32.3 Å². The summed E-state index contributed by atoms with van der Waals surface area (Å²) in [6, 6.07) is 0. The lowest BCUT2D eigenvalue weighted by Crippen LogP contribution is -2.48. The van der Waals surface area contributed by atoms with Crippen molar-refractivity contribution in [3.63, 3.8) is 0 Å². The zero-order chi connectivity index (χ0) is 11.8. The van der Waals surface area contributed by atoms with Crippen LogP contribution in [0.25, 0.3) is 0 Å². The Morgan fingerprint density at radius 1 is 1.56 bits per heavy atom. The predicted octanol–water partition coefficient (Wildman–Crippen LogP) is 0.948. The van der Waals surface area contributed by atoms with Crippen molar-refractivity contribution in [3.8, 4) is 5.88 Å². The molecular formula is C10H14N4O2. The van der Waals surface area contributed by atoms with E-state index >= 15 is 0 Å². The van der Waals surface area contributed by atoms with E-state index in [1.54, 1.807) is 6.92 Å². The van der Waals surface area contributed by atoms with Crippen molar-refractivity contribution in [1.82, 2.24) is 9.97 Å². The number of ether oxygens (including phenoxy) is 1. The van der Waals surface area contributed by atoms with Crippen LogP contribution in [0.5, 0.6) is 5.88 Å². The van der Waals surface area contributed by atoms with Crippen LogP contribution in [0.4, 0.5) is 11.5 Å². The van der Waals surface area contributed by atoms with Crippen LogP contribution < -0.4 is 15.8 Å². The number of nitrogens with zero attached hydrogens (tertiary/aromatic N) is 2. The minimum atomic E-state index is -0.872. The molecule has 1 aliphatic rings. The number of fused-ring (bicyclic) bond motifs is 1. The molecule has 1 unspecified atom stereocenters. The number of carbonyl (C=O) groups is 1. The van der Waals surface area contributed by atoms with Gasteiger partial charge in [-0.3, -0.25) is 4.79 Å². The molecule has 2 heterocycles. The van der Waals surface area contributed by atoms with Gasteiger partial charge in [-0.05, 0) is 13.3 Å². The molecule has 0 saturated carbocycles. The summed E-state index contributed by atoms with van der Waals surface area (Å²) in [5.41, 5.74) is 5.11. The molecule has 0 saturated heterocycles. The van der Waals surface area contributed by atoms with Gasteiger partial charge in [0.1, 0.15) is 12.0 Å². The van der Waals surface area contributed by atoms with E-state index in [-0.39, 0.29) is 11.7 Å². The molecule has 6 heteroatoms. The van der Waals surface area contributed by atoms with Gasteiger partial charge in [0, 0.05) is 0 Å². The molecule has 16 heavy (non-hydrogen) atoms. The number of aromatic nitrogens is 2. The van der Waals surface area contributed by atoms with Gasteiger partial charge in [-0.2, -0.15) is 4.98 Å². The van der Waals surface area contributed by atoms with E-state index < -0.39 is 5.60 Å². The van der Waals surface area contributed by atoms with E-state index in [1.165, 1.54) is 6.33 Å². The minimum Gasteiger partial charge on any atom is -0.460 e. The summed E-state index contributed by atoms with van der Waals surface area (Å²) in [7, 11) is 0. The largest absolute Gasteiger partial charge is 0.460 e. The van der Waals surface area contributed by atoms with Crippen LogP contribution in [0.1, 0.15) is 26.7 Å². The number of rotatable bonds is 2. The normalized spacial score (nSPS) is 23.2. The monoisotopic (exact) mass is 222 g/mol. The summed E-state index contributed by atoms with van der Waals surface area (Å²) >= 11 is 0. The van der Waals surface area contributed by atoms with Gasteiger partial charge in [0.05, 0.1) is 0 Å². The molecular weight excluding hydrogens is 208 g/mol. The highest BCUT2D eigenvalue weighted by molar-refractivity contribution is 6.02. The predicted molar refractivity (Wildman–Crippen MR) is 59.0 cm³/mol. The third-order valence-corrected chi connectivity index (χ3v) is 2.61. The second-order valence-electron chi connectivity index (χ2n) is 3.98. The van der Waals surface area contributed by atoms with Crippen molar-refractivity contribution in [1.29, 1.82) is 0 Å². The molecule has 0 aliphatic carbocycles. The van der Waals surface area contributed by atoms with Crippen LogP contribution in [0.15, 0.2) is 6.33 Å². The molecule has 1 aromatic heterocycles. The van der Waals surface area contributed by atoms with Gasteiger partial charge < -0.3 is 15.8 Å². The van der Waals surface area contributed by atoms with Crippen LogP contribution >= 0.6 is 0 Å². The maximum absolute atomic E-state index is 11.9. The second-order valence-corrected chi connectivity index (χ2v) is 3.98. The summed E-state index contributed by atoms with van der Waals surface area (Å²) in [6.45, 7) is 3.73. The van der Waals surface area contributed by atoms with E-state index in [0.29, 0.717) is 18.0 Å². The Morgan fingerprint density at radius 2 is 2.31 bits per heavy atom. The number of hydrogen-bond acceptors (Lipinski definition) is 5. The van der Waals surface area contributed by atoms with Gasteiger partial charge in [-0.15, -0.1) is 0 Å². The van der Waals surface area contributed by atoms with Gasteiger partial charge in [0.15, 0.2) is 11.4 Å². The Hall–Kier alpha value is -1.85. The minimum absolute atomic E-state index is 0.205. The van der Waals surface area contributed by atoms with Gasteiger partial charge in [0.25, 0.3) is 5.91 Å². The number of amides is 1. The molecule has 1 atom stereocenters. The van der Waals surface area contributed by atoms with Crippen molar-refractivity contribution < 1.29 is 9.53 Å². The molecule has 0 bridgehead atoms. The summed E-state index contributed by atoms with van der Waals surface area (Å²) in [4.78, 5) is 19.6. The van der Waals surface area contributed by atoms with Gasteiger partial charge in [0.2, 0.25) is 5.88 Å². The Bertz CT molecular complexity index is 435. The fourth-order valence-corrected chi connectivity index (χ4v) is 1.72. The lowest BCUT2D eigenvalue weighted by molar-refractivity contribution is -0.131. The Morgan fingerprint density at radius 3 is 3.00 bits per heavy atom. The lowest BCUT2D eigenvalue weighted by atomic mass is 9.98. The van der Waals surface area contributed by atoms with E-state index in [1.807, 2.05) is 6.92 Å². The van der Waals surface area contributed by atoms with Crippen LogP contribution in [0.3, 0.4) is 0 Å². The van der Waals surface area contributed by atoms with Crippen LogP contribution in [-0.4, -0.2) is 21.5 Å². The summed E-state index contributed by atoms with van der Waals surface area (Å²) in [5, 5.41) is 2.69. The van der Waals surface area contributed by atoms with Crippen molar-refractivity contribution in [3.05, 3.63) is 6.33 Å².